The molecule has 1 aliphatic heterocycles. The maximum Gasteiger partial charge on any atom is 0.326 e. The number of nitrogens with one attached hydrogen (secondary N) is 4. The van der Waals surface area contributed by atoms with Gasteiger partial charge < -0.3 is 31.5 Å². The van der Waals surface area contributed by atoms with Crippen LogP contribution in [0.5, 0.6) is 0 Å². The summed E-state index contributed by atoms with van der Waals surface area (Å²) in [4.78, 5) is 59.1. The Labute approximate surface area is 173 Å². The van der Waals surface area contributed by atoms with Crippen LogP contribution in [-0.2, 0) is 24.0 Å². The number of rotatable bonds is 11. The lowest BCUT2D eigenvalue weighted by Gasteiger charge is -2.26. The summed E-state index contributed by atoms with van der Waals surface area (Å²) < 4.78 is 0. The highest BCUT2D eigenvalue weighted by Gasteiger charge is 2.32. The Morgan fingerprint density at radius 2 is 1.66 bits per heavy atom. The quantitative estimate of drug-likeness (QED) is 0.190. The van der Waals surface area contributed by atoms with Crippen molar-refractivity contribution >= 4 is 42.3 Å². The molecule has 1 aliphatic rings. The van der Waals surface area contributed by atoms with E-state index in [9.17, 15) is 24.0 Å². The first kappa shape index (κ1) is 24.7. The molecule has 0 aromatic rings. The molecule has 6 N–H and O–H groups in total. The molecule has 1 heterocycles. The summed E-state index contributed by atoms with van der Waals surface area (Å²) in [5.74, 6) is -5.15. The van der Waals surface area contributed by atoms with Crippen molar-refractivity contribution in [1.29, 1.82) is 0 Å². The van der Waals surface area contributed by atoms with Crippen LogP contribution in [-0.4, -0.2) is 76.3 Å². The monoisotopic (exact) mass is 432 g/mol. The Bertz CT molecular complexity index is 637. The summed E-state index contributed by atoms with van der Waals surface area (Å²) >= 11 is 4.00. The van der Waals surface area contributed by atoms with Crippen molar-refractivity contribution in [3.63, 3.8) is 0 Å². The van der Waals surface area contributed by atoms with Crippen LogP contribution in [0.4, 0.5) is 0 Å². The van der Waals surface area contributed by atoms with Gasteiger partial charge in [0.05, 0.1) is 12.5 Å². The van der Waals surface area contributed by atoms with Gasteiger partial charge in [0.2, 0.25) is 17.7 Å². The highest BCUT2D eigenvalue weighted by atomic mass is 32.1. The number of carbonyl (C=O) groups excluding carboxylic acids is 3. The molecule has 3 amide bonds. The minimum absolute atomic E-state index is 0.153. The summed E-state index contributed by atoms with van der Waals surface area (Å²) in [6.07, 6.45) is 0.715. The van der Waals surface area contributed by atoms with Gasteiger partial charge in [-0.05, 0) is 25.3 Å². The molecule has 0 saturated carbocycles. The van der Waals surface area contributed by atoms with E-state index in [1.165, 1.54) is 0 Å². The largest absolute Gasteiger partial charge is 0.481 e. The average molecular weight is 432 g/mol. The molecule has 4 atom stereocenters. The third-order valence-electron chi connectivity index (χ3n) is 4.43. The van der Waals surface area contributed by atoms with Crippen LogP contribution in [0.2, 0.25) is 0 Å². The average Bonchev–Trinajstić information content (AvgIpc) is 3.17. The lowest BCUT2D eigenvalue weighted by molar-refractivity contribution is -0.147. The first-order valence-electron chi connectivity index (χ1n) is 9.26. The van der Waals surface area contributed by atoms with E-state index >= 15 is 0 Å². The predicted molar refractivity (Wildman–Crippen MR) is 105 cm³/mol. The van der Waals surface area contributed by atoms with E-state index in [0.29, 0.717) is 6.42 Å². The standard InChI is InChI=1S/C17H28N4O7S/c1-8(2)13(21-14(24)9-4-3-5-18-9)16(26)20-11(7-29)15(25)19-10(17(27)28)6-12(22)23/h8-11,13,18,29H,3-7H2,1-2H3,(H,19,25)(H,20,26)(H,21,24)(H,22,23)(H,27,28). The van der Waals surface area contributed by atoms with Gasteiger partial charge in [0.25, 0.3) is 0 Å². The smallest absolute Gasteiger partial charge is 0.326 e. The van der Waals surface area contributed by atoms with E-state index in [-0.39, 0.29) is 23.6 Å². The second-order valence-corrected chi connectivity index (χ2v) is 7.49. The molecule has 164 valence electrons. The van der Waals surface area contributed by atoms with E-state index < -0.39 is 48.3 Å². The Balaban J connectivity index is 2.76. The highest BCUT2D eigenvalue weighted by molar-refractivity contribution is 7.80. The van der Waals surface area contributed by atoms with Crippen molar-refractivity contribution in [3.05, 3.63) is 0 Å². The molecule has 0 spiro atoms. The van der Waals surface area contributed by atoms with Crippen molar-refractivity contribution in [2.45, 2.75) is 57.3 Å². The fourth-order valence-electron chi connectivity index (χ4n) is 2.80. The zero-order valence-corrected chi connectivity index (χ0v) is 17.2. The molecule has 4 unspecified atom stereocenters. The molecule has 11 nitrogen and oxygen atoms in total. The number of hydrogen-bond donors (Lipinski definition) is 7. The molecule has 1 saturated heterocycles. The van der Waals surface area contributed by atoms with Gasteiger partial charge in [0, 0.05) is 5.75 Å². The van der Waals surface area contributed by atoms with Crippen LogP contribution in [0.3, 0.4) is 0 Å². The second kappa shape index (κ2) is 11.6. The Kier molecular flexibility index (Phi) is 9.89. The molecule has 0 aromatic carbocycles. The number of thiol groups is 1. The van der Waals surface area contributed by atoms with Gasteiger partial charge >= 0.3 is 11.9 Å². The number of aliphatic carboxylic acids is 2. The molecular formula is C17H28N4O7S. The molecule has 0 bridgehead atoms. The molecule has 29 heavy (non-hydrogen) atoms. The summed E-state index contributed by atoms with van der Waals surface area (Å²) in [6, 6.07) is -4.13. The summed E-state index contributed by atoms with van der Waals surface area (Å²) in [7, 11) is 0. The Morgan fingerprint density at radius 3 is 2.10 bits per heavy atom. The lowest BCUT2D eigenvalue weighted by Crippen LogP contribution is -2.59. The SMILES string of the molecule is CC(C)C(NC(=O)C1CCCN1)C(=O)NC(CS)C(=O)NC(CC(=O)O)C(=O)O. The van der Waals surface area contributed by atoms with E-state index in [2.05, 4.69) is 33.9 Å². The topological polar surface area (TPSA) is 174 Å². The number of carbonyl (C=O) groups is 5. The van der Waals surface area contributed by atoms with Crippen molar-refractivity contribution in [3.8, 4) is 0 Å². The zero-order chi connectivity index (χ0) is 22.1. The summed E-state index contributed by atoms with van der Waals surface area (Å²) in [5.41, 5.74) is 0. The number of hydrogen-bond acceptors (Lipinski definition) is 7. The van der Waals surface area contributed by atoms with Gasteiger partial charge in [-0.2, -0.15) is 12.6 Å². The number of amides is 3. The molecule has 0 aromatic heterocycles. The van der Waals surface area contributed by atoms with Gasteiger partial charge in [0.15, 0.2) is 0 Å². The normalized spacial score (nSPS) is 19.1. The lowest BCUT2D eigenvalue weighted by atomic mass is 10.0. The first-order chi connectivity index (χ1) is 13.6. The van der Waals surface area contributed by atoms with Gasteiger partial charge in [-0.1, -0.05) is 13.8 Å². The van der Waals surface area contributed by atoms with Crippen LogP contribution in [0.1, 0.15) is 33.1 Å². The zero-order valence-electron chi connectivity index (χ0n) is 16.3. The molecule has 0 radical (unpaired) electrons. The number of carboxylic acids is 2. The van der Waals surface area contributed by atoms with Crippen molar-refractivity contribution in [1.82, 2.24) is 21.3 Å². The Morgan fingerprint density at radius 1 is 1.03 bits per heavy atom. The molecule has 1 fully saturated rings. The van der Waals surface area contributed by atoms with Gasteiger partial charge in [-0.15, -0.1) is 0 Å². The van der Waals surface area contributed by atoms with Crippen molar-refractivity contribution in [2.75, 3.05) is 12.3 Å². The van der Waals surface area contributed by atoms with E-state index in [1.807, 2.05) is 0 Å². The van der Waals surface area contributed by atoms with Gasteiger partial charge in [-0.3, -0.25) is 19.2 Å². The molecule has 12 heteroatoms. The van der Waals surface area contributed by atoms with Crippen molar-refractivity contribution in [2.24, 2.45) is 5.92 Å². The van der Waals surface area contributed by atoms with Gasteiger partial charge in [-0.25, -0.2) is 4.79 Å². The fraction of sp³-hybridized carbons (Fsp3) is 0.706. The predicted octanol–water partition coefficient (Wildman–Crippen LogP) is -1.66. The van der Waals surface area contributed by atoms with Crippen LogP contribution in [0, 0.1) is 5.92 Å². The maximum atomic E-state index is 12.6. The molecular weight excluding hydrogens is 404 g/mol. The second-order valence-electron chi connectivity index (χ2n) is 7.12. The molecule has 1 rings (SSSR count). The summed E-state index contributed by atoms with van der Waals surface area (Å²) in [5, 5.41) is 28.0. The molecule has 0 aliphatic carbocycles. The van der Waals surface area contributed by atoms with Crippen molar-refractivity contribution < 1.29 is 34.2 Å². The van der Waals surface area contributed by atoms with Gasteiger partial charge in [0.1, 0.15) is 18.1 Å². The first-order valence-corrected chi connectivity index (χ1v) is 9.90. The number of carboxylic acid groups (broad SMARTS) is 2. The Hall–Kier alpha value is -2.34. The van der Waals surface area contributed by atoms with Crippen LogP contribution >= 0.6 is 12.6 Å². The van der Waals surface area contributed by atoms with E-state index in [0.717, 1.165) is 13.0 Å². The minimum atomic E-state index is -1.65. The maximum absolute atomic E-state index is 12.6. The van der Waals surface area contributed by atoms with E-state index in [1.54, 1.807) is 13.8 Å². The summed E-state index contributed by atoms with van der Waals surface area (Å²) in [6.45, 7) is 4.19. The fourth-order valence-corrected chi connectivity index (χ4v) is 3.06. The third-order valence-corrected chi connectivity index (χ3v) is 4.80. The van der Waals surface area contributed by atoms with Crippen LogP contribution < -0.4 is 21.3 Å². The third kappa shape index (κ3) is 7.89. The van der Waals surface area contributed by atoms with Crippen LogP contribution in [0.25, 0.3) is 0 Å². The minimum Gasteiger partial charge on any atom is -0.481 e. The van der Waals surface area contributed by atoms with Crippen LogP contribution in [0.15, 0.2) is 0 Å². The highest BCUT2D eigenvalue weighted by Crippen LogP contribution is 2.08. The van der Waals surface area contributed by atoms with E-state index in [4.69, 9.17) is 10.2 Å².